The number of hydrogen-bond donors (Lipinski definition) is 1. The van der Waals surface area contributed by atoms with Crippen LogP contribution in [0.4, 0.5) is 5.69 Å². The van der Waals surface area contributed by atoms with E-state index in [0.29, 0.717) is 0 Å². The zero-order valence-corrected chi connectivity index (χ0v) is 14.6. The van der Waals surface area contributed by atoms with Gasteiger partial charge in [-0.15, -0.1) is 0 Å². The minimum Gasteiger partial charge on any atom is -0.367 e. The van der Waals surface area contributed by atoms with Gasteiger partial charge < -0.3 is 4.90 Å². The van der Waals surface area contributed by atoms with E-state index in [-0.39, 0.29) is 0 Å². The van der Waals surface area contributed by atoms with Gasteiger partial charge in [0, 0.05) is 42.3 Å². The fourth-order valence-corrected chi connectivity index (χ4v) is 3.67. The Bertz CT molecular complexity index is 1060. The van der Waals surface area contributed by atoms with Gasteiger partial charge in [0.05, 0.1) is 17.6 Å². The third-order valence-corrected chi connectivity index (χ3v) is 5.02. The fourth-order valence-electron chi connectivity index (χ4n) is 3.67. The number of rotatable bonds is 3. The molecule has 0 atom stereocenters. The first-order chi connectivity index (χ1) is 12.8. The van der Waals surface area contributed by atoms with Gasteiger partial charge in [-0.2, -0.15) is 10.2 Å². The highest BCUT2D eigenvalue weighted by Gasteiger charge is 2.23. The summed E-state index contributed by atoms with van der Waals surface area (Å²) in [4.78, 5) is 2.40. The summed E-state index contributed by atoms with van der Waals surface area (Å²) >= 11 is 0. The van der Waals surface area contributed by atoms with E-state index in [1.807, 2.05) is 23.1 Å². The van der Waals surface area contributed by atoms with E-state index in [1.54, 1.807) is 6.20 Å². The summed E-state index contributed by atoms with van der Waals surface area (Å²) in [6, 6.07) is 17.1. The van der Waals surface area contributed by atoms with Crippen molar-refractivity contribution in [3.8, 4) is 28.1 Å². The number of anilines is 1. The average Bonchev–Trinajstić information content (AvgIpc) is 3.38. The smallest absolute Gasteiger partial charge is 0.0720 e. The number of fused-ring (bicyclic) bond motifs is 3. The van der Waals surface area contributed by atoms with E-state index in [0.717, 1.165) is 24.5 Å². The molecule has 0 bridgehead atoms. The second-order valence-electron chi connectivity index (χ2n) is 6.52. The van der Waals surface area contributed by atoms with Crippen LogP contribution in [0.5, 0.6) is 0 Å². The summed E-state index contributed by atoms with van der Waals surface area (Å²) in [6.45, 7) is 4.06. The molecular formula is C21H19N5. The van der Waals surface area contributed by atoms with Crippen molar-refractivity contribution in [1.29, 1.82) is 0 Å². The first-order valence-electron chi connectivity index (χ1n) is 8.85. The predicted molar refractivity (Wildman–Crippen MR) is 103 cm³/mol. The molecule has 128 valence electrons. The molecule has 4 aromatic rings. The van der Waals surface area contributed by atoms with E-state index in [4.69, 9.17) is 0 Å². The molecule has 2 aromatic heterocycles. The van der Waals surface area contributed by atoms with E-state index < -0.39 is 0 Å². The van der Waals surface area contributed by atoms with Gasteiger partial charge in [-0.25, -0.2) is 4.68 Å². The van der Waals surface area contributed by atoms with Crippen LogP contribution in [0.2, 0.25) is 0 Å². The molecule has 1 aliphatic rings. The van der Waals surface area contributed by atoms with Gasteiger partial charge in [0.15, 0.2) is 0 Å². The molecular weight excluding hydrogens is 322 g/mol. The second kappa shape index (κ2) is 5.88. The molecule has 0 fully saturated rings. The van der Waals surface area contributed by atoms with E-state index in [9.17, 15) is 0 Å². The first-order valence-corrected chi connectivity index (χ1v) is 8.85. The number of nitrogens with zero attached hydrogens (tertiary/aromatic N) is 4. The summed E-state index contributed by atoms with van der Waals surface area (Å²) in [5.41, 5.74) is 8.33. The monoisotopic (exact) mass is 341 g/mol. The Kier molecular flexibility index (Phi) is 3.38. The van der Waals surface area contributed by atoms with Crippen LogP contribution >= 0.6 is 0 Å². The number of aromatic amines is 1. The number of benzene rings is 2. The molecule has 1 N–H and O–H groups in total. The Balaban J connectivity index is 1.61. The standard InChI is InChI=1S/C21H19N5/c1-2-25-14-17-13-22-24-21(17)19-8-7-16(12-20(19)25)15-5-3-6-18(11-15)26-10-4-9-23-26/h3-13H,2,14H2,1H3,(H,22,24). The molecule has 1 aliphatic heterocycles. The lowest BCUT2D eigenvalue weighted by Crippen LogP contribution is -2.25. The van der Waals surface area contributed by atoms with E-state index in [1.165, 1.54) is 27.9 Å². The number of nitrogens with one attached hydrogen (secondary N) is 1. The van der Waals surface area contributed by atoms with E-state index >= 15 is 0 Å². The summed E-state index contributed by atoms with van der Waals surface area (Å²) in [7, 11) is 0. The second-order valence-corrected chi connectivity index (χ2v) is 6.52. The molecule has 0 radical (unpaired) electrons. The van der Waals surface area contributed by atoms with Crippen LogP contribution in [0.25, 0.3) is 28.1 Å². The van der Waals surface area contributed by atoms with Gasteiger partial charge in [0.1, 0.15) is 0 Å². The van der Waals surface area contributed by atoms with Crippen molar-refractivity contribution in [2.75, 3.05) is 11.4 Å². The van der Waals surface area contributed by atoms with Crippen LogP contribution in [0.3, 0.4) is 0 Å². The molecule has 0 unspecified atom stereocenters. The summed E-state index contributed by atoms with van der Waals surface area (Å²) < 4.78 is 1.89. The Morgan fingerprint density at radius 2 is 2.00 bits per heavy atom. The maximum atomic E-state index is 4.33. The van der Waals surface area contributed by atoms with Crippen LogP contribution in [0.15, 0.2) is 67.1 Å². The van der Waals surface area contributed by atoms with Crippen LogP contribution in [-0.2, 0) is 6.54 Å². The molecule has 0 saturated heterocycles. The maximum Gasteiger partial charge on any atom is 0.0720 e. The van der Waals surface area contributed by atoms with Crippen molar-refractivity contribution >= 4 is 5.69 Å². The number of hydrogen-bond acceptors (Lipinski definition) is 3. The van der Waals surface area contributed by atoms with Crippen LogP contribution in [0.1, 0.15) is 12.5 Å². The summed E-state index contributed by atoms with van der Waals surface area (Å²) in [5, 5.41) is 11.7. The average molecular weight is 341 g/mol. The van der Waals surface area contributed by atoms with Crippen molar-refractivity contribution < 1.29 is 0 Å². The van der Waals surface area contributed by atoms with Gasteiger partial charge in [-0.05, 0) is 42.3 Å². The van der Waals surface area contributed by atoms with Gasteiger partial charge >= 0.3 is 0 Å². The van der Waals surface area contributed by atoms with Gasteiger partial charge in [0.25, 0.3) is 0 Å². The van der Waals surface area contributed by atoms with Crippen molar-refractivity contribution in [2.45, 2.75) is 13.5 Å². The lowest BCUT2D eigenvalue weighted by atomic mass is 9.95. The Morgan fingerprint density at radius 3 is 2.85 bits per heavy atom. The lowest BCUT2D eigenvalue weighted by Gasteiger charge is -2.30. The summed E-state index contributed by atoms with van der Waals surface area (Å²) in [5.74, 6) is 0. The molecule has 0 amide bonds. The van der Waals surface area contributed by atoms with Crippen LogP contribution in [-0.4, -0.2) is 26.5 Å². The first kappa shape index (κ1) is 15.0. The van der Waals surface area contributed by atoms with Gasteiger partial charge in [-0.1, -0.05) is 24.3 Å². The highest BCUT2D eigenvalue weighted by Crippen LogP contribution is 2.40. The van der Waals surface area contributed by atoms with Gasteiger partial charge in [0.2, 0.25) is 0 Å². The number of aromatic nitrogens is 4. The fraction of sp³-hybridized carbons (Fsp3) is 0.143. The molecule has 0 spiro atoms. The lowest BCUT2D eigenvalue weighted by molar-refractivity contribution is 0.824. The molecule has 0 aliphatic carbocycles. The third kappa shape index (κ3) is 2.32. The Labute approximate surface area is 151 Å². The molecule has 2 aromatic carbocycles. The highest BCUT2D eigenvalue weighted by atomic mass is 15.3. The quantitative estimate of drug-likeness (QED) is 0.605. The zero-order chi connectivity index (χ0) is 17.5. The predicted octanol–water partition coefficient (Wildman–Crippen LogP) is 4.27. The van der Waals surface area contributed by atoms with Crippen molar-refractivity contribution in [3.63, 3.8) is 0 Å². The van der Waals surface area contributed by atoms with Crippen molar-refractivity contribution in [3.05, 3.63) is 72.7 Å². The molecule has 0 saturated carbocycles. The third-order valence-electron chi connectivity index (χ3n) is 5.02. The van der Waals surface area contributed by atoms with Crippen LogP contribution < -0.4 is 4.90 Å². The Morgan fingerprint density at radius 1 is 1.08 bits per heavy atom. The van der Waals surface area contributed by atoms with Crippen molar-refractivity contribution in [1.82, 2.24) is 20.0 Å². The normalized spacial score (nSPS) is 12.7. The van der Waals surface area contributed by atoms with Crippen molar-refractivity contribution in [2.24, 2.45) is 0 Å². The minimum absolute atomic E-state index is 0.895. The molecule has 5 nitrogen and oxygen atoms in total. The maximum absolute atomic E-state index is 4.33. The molecule has 26 heavy (non-hydrogen) atoms. The molecule has 5 rings (SSSR count). The van der Waals surface area contributed by atoms with Crippen LogP contribution in [0, 0.1) is 0 Å². The van der Waals surface area contributed by atoms with Gasteiger partial charge in [-0.3, -0.25) is 5.10 Å². The summed E-state index contributed by atoms with van der Waals surface area (Å²) in [6.07, 6.45) is 5.69. The highest BCUT2D eigenvalue weighted by molar-refractivity contribution is 5.85. The SMILES string of the molecule is CCN1Cc2cn[nH]c2-c2ccc(-c3cccc(-n4cccn4)c3)cc21. The van der Waals surface area contributed by atoms with E-state index in [2.05, 4.69) is 69.6 Å². The Hall–Kier alpha value is -3.34. The molecule has 5 heteroatoms. The minimum atomic E-state index is 0.895. The molecule has 3 heterocycles. The topological polar surface area (TPSA) is 49.7 Å². The number of H-pyrrole nitrogens is 1. The largest absolute Gasteiger partial charge is 0.367 e. The zero-order valence-electron chi connectivity index (χ0n) is 14.6.